The van der Waals surface area contributed by atoms with Crippen LogP contribution in [0, 0.1) is 0 Å². The molecule has 5 nitrogen and oxygen atoms in total. The van der Waals surface area contributed by atoms with E-state index in [0.29, 0.717) is 45.6 Å². The highest BCUT2D eigenvalue weighted by molar-refractivity contribution is 5.99. The van der Waals surface area contributed by atoms with Crippen molar-refractivity contribution in [3.05, 3.63) is 46.1 Å². The van der Waals surface area contributed by atoms with Gasteiger partial charge in [0.2, 0.25) is 5.43 Å². The number of phenolic OH excluding ortho intramolecular Hbond substituents is 1. The molecule has 0 spiro atoms. The van der Waals surface area contributed by atoms with Gasteiger partial charge in [-0.3, -0.25) is 4.79 Å². The number of fused-ring (bicyclic) bond motifs is 4. The second-order valence-corrected chi connectivity index (χ2v) is 6.57. The van der Waals surface area contributed by atoms with Crippen molar-refractivity contribution in [2.75, 3.05) is 6.61 Å². The van der Waals surface area contributed by atoms with Crippen LogP contribution in [0.3, 0.4) is 0 Å². The maximum absolute atomic E-state index is 13.0. The molecular weight excluding hydrogens is 320 g/mol. The van der Waals surface area contributed by atoms with E-state index in [-0.39, 0.29) is 11.2 Å². The van der Waals surface area contributed by atoms with E-state index < -0.39 is 5.60 Å². The SMILES string of the molecule is CCOc1cc2c(c3oc4ccc(O)cc4c(=O)c13)C=CC(C)(C)O2. The quantitative estimate of drug-likeness (QED) is 0.708. The van der Waals surface area contributed by atoms with Crippen LogP contribution in [0.5, 0.6) is 17.2 Å². The lowest BCUT2D eigenvalue weighted by molar-refractivity contribution is 0.158. The fourth-order valence-corrected chi connectivity index (χ4v) is 3.09. The van der Waals surface area contributed by atoms with Gasteiger partial charge in [-0.15, -0.1) is 0 Å². The summed E-state index contributed by atoms with van der Waals surface area (Å²) in [5, 5.41) is 10.4. The molecule has 1 N–H and O–H groups in total. The highest BCUT2D eigenvalue weighted by atomic mass is 16.5. The Kier molecular flexibility index (Phi) is 3.29. The number of rotatable bonds is 2. The molecular formula is C20H18O5. The van der Waals surface area contributed by atoms with E-state index in [1.807, 2.05) is 32.9 Å². The van der Waals surface area contributed by atoms with Crippen LogP contribution >= 0.6 is 0 Å². The second-order valence-electron chi connectivity index (χ2n) is 6.57. The first-order valence-corrected chi connectivity index (χ1v) is 8.17. The molecule has 0 unspecified atom stereocenters. The van der Waals surface area contributed by atoms with Crippen molar-refractivity contribution in [3.8, 4) is 17.2 Å². The van der Waals surface area contributed by atoms with E-state index in [9.17, 15) is 9.90 Å². The molecule has 0 fully saturated rings. The highest BCUT2D eigenvalue weighted by Crippen LogP contribution is 2.41. The molecule has 1 aromatic heterocycles. The number of hydrogen-bond donors (Lipinski definition) is 1. The Balaban J connectivity index is 2.16. The third kappa shape index (κ3) is 2.43. The summed E-state index contributed by atoms with van der Waals surface area (Å²) in [7, 11) is 0. The first-order valence-electron chi connectivity index (χ1n) is 8.17. The van der Waals surface area contributed by atoms with Crippen LogP contribution in [0.25, 0.3) is 28.0 Å². The Morgan fingerprint density at radius 1 is 1.24 bits per heavy atom. The van der Waals surface area contributed by atoms with E-state index >= 15 is 0 Å². The molecule has 25 heavy (non-hydrogen) atoms. The van der Waals surface area contributed by atoms with Gasteiger partial charge >= 0.3 is 0 Å². The molecule has 2 heterocycles. The molecule has 0 saturated carbocycles. The van der Waals surface area contributed by atoms with Crippen LogP contribution < -0.4 is 14.9 Å². The number of aromatic hydroxyl groups is 1. The zero-order chi connectivity index (χ0) is 17.8. The average Bonchev–Trinajstić information content (AvgIpc) is 2.54. The lowest BCUT2D eigenvalue weighted by Crippen LogP contribution is -2.27. The number of phenols is 1. The maximum atomic E-state index is 13.0. The zero-order valence-electron chi connectivity index (χ0n) is 14.3. The number of benzene rings is 2. The van der Waals surface area contributed by atoms with Gasteiger partial charge in [-0.1, -0.05) is 0 Å². The minimum atomic E-state index is -0.451. The number of hydrogen-bond acceptors (Lipinski definition) is 5. The average molecular weight is 338 g/mol. The predicted molar refractivity (Wildman–Crippen MR) is 96.6 cm³/mol. The molecule has 2 aromatic carbocycles. The zero-order valence-corrected chi connectivity index (χ0v) is 14.3. The Bertz CT molecular complexity index is 1090. The maximum Gasteiger partial charge on any atom is 0.204 e. The fraction of sp³-hybridized carbons (Fsp3) is 0.250. The van der Waals surface area contributed by atoms with Gasteiger partial charge in [0.1, 0.15) is 33.8 Å². The third-order valence-electron chi connectivity index (χ3n) is 4.22. The molecule has 1 aliphatic heterocycles. The van der Waals surface area contributed by atoms with Gasteiger partial charge in [-0.05, 0) is 51.1 Å². The van der Waals surface area contributed by atoms with Gasteiger partial charge in [0.15, 0.2) is 5.58 Å². The lowest BCUT2D eigenvalue weighted by Gasteiger charge is -2.28. The molecule has 1 aliphatic rings. The normalized spacial score (nSPS) is 15.2. The molecule has 5 heteroatoms. The van der Waals surface area contributed by atoms with Gasteiger partial charge in [0.05, 0.1) is 17.6 Å². The van der Waals surface area contributed by atoms with Crippen molar-refractivity contribution < 1.29 is 19.0 Å². The monoisotopic (exact) mass is 338 g/mol. The topological polar surface area (TPSA) is 68.9 Å². The molecule has 0 aliphatic carbocycles. The van der Waals surface area contributed by atoms with Crippen LogP contribution in [0.2, 0.25) is 0 Å². The Hall–Kier alpha value is -2.95. The van der Waals surface area contributed by atoms with Crippen LogP contribution in [0.1, 0.15) is 26.3 Å². The summed E-state index contributed by atoms with van der Waals surface area (Å²) >= 11 is 0. The van der Waals surface area contributed by atoms with E-state index in [4.69, 9.17) is 13.9 Å². The summed E-state index contributed by atoms with van der Waals surface area (Å²) in [4.78, 5) is 13.0. The van der Waals surface area contributed by atoms with Gasteiger partial charge in [0.25, 0.3) is 0 Å². The van der Waals surface area contributed by atoms with E-state index in [1.165, 1.54) is 12.1 Å². The summed E-state index contributed by atoms with van der Waals surface area (Å²) in [6.45, 7) is 6.17. The van der Waals surface area contributed by atoms with Crippen molar-refractivity contribution in [3.63, 3.8) is 0 Å². The van der Waals surface area contributed by atoms with Crippen LogP contribution in [-0.4, -0.2) is 17.3 Å². The Labute approximate surface area is 144 Å². The van der Waals surface area contributed by atoms with Crippen molar-refractivity contribution >= 4 is 28.0 Å². The summed E-state index contributed by atoms with van der Waals surface area (Å²) < 4.78 is 17.7. The Morgan fingerprint density at radius 3 is 2.80 bits per heavy atom. The summed E-state index contributed by atoms with van der Waals surface area (Å²) in [5.74, 6) is 1.05. The smallest absolute Gasteiger partial charge is 0.204 e. The molecule has 3 aromatic rings. The van der Waals surface area contributed by atoms with Gasteiger partial charge in [-0.2, -0.15) is 0 Å². The molecule has 0 atom stereocenters. The lowest BCUT2D eigenvalue weighted by atomic mass is 9.99. The summed E-state index contributed by atoms with van der Waals surface area (Å²) in [5.41, 5.74) is 0.856. The summed E-state index contributed by atoms with van der Waals surface area (Å²) in [6.07, 6.45) is 3.84. The van der Waals surface area contributed by atoms with Crippen LogP contribution in [0.15, 0.2) is 39.6 Å². The molecule has 0 bridgehead atoms. The van der Waals surface area contributed by atoms with Crippen LogP contribution in [-0.2, 0) is 0 Å². The first kappa shape index (κ1) is 15.6. The Morgan fingerprint density at radius 2 is 2.04 bits per heavy atom. The molecule has 128 valence electrons. The minimum Gasteiger partial charge on any atom is -0.508 e. The van der Waals surface area contributed by atoms with Crippen molar-refractivity contribution in [2.45, 2.75) is 26.4 Å². The number of ether oxygens (including phenoxy) is 2. The fourth-order valence-electron chi connectivity index (χ4n) is 3.09. The minimum absolute atomic E-state index is 0.0139. The highest BCUT2D eigenvalue weighted by Gasteiger charge is 2.27. The van der Waals surface area contributed by atoms with E-state index in [0.717, 1.165) is 0 Å². The van der Waals surface area contributed by atoms with Gasteiger partial charge < -0.3 is 19.0 Å². The van der Waals surface area contributed by atoms with E-state index in [1.54, 1.807) is 12.1 Å². The van der Waals surface area contributed by atoms with Crippen LogP contribution in [0.4, 0.5) is 0 Å². The standard InChI is InChI=1S/C20H18O5/c1-4-23-16-10-15-12(7-8-20(2,3)25-15)19-17(16)18(22)13-9-11(21)5-6-14(13)24-19/h5-10,21H,4H2,1-3H3. The predicted octanol–water partition coefficient (Wildman–Crippen LogP) is 4.23. The first-order chi connectivity index (χ1) is 11.9. The summed E-state index contributed by atoms with van der Waals surface area (Å²) in [6, 6.07) is 6.22. The van der Waals surface area contributed by atoms with E-state index in [2.05, 4.69) is 0 Å². The second kappa shape index (κ2) is 5.28. The van der Waals surface area contributed by atoms with Gasteiger partial charge in [0, 0.05) is 6.07 Å². The van der Waals surface area contributed by atoms with Crippen molar-refractivity contribution in [2.24, 2.45) is 0 Å². The molecule has 4 rings (SSSR count). The van der Waals surface area contributed by atoms with Crippen molar-refractivity contribution in [1.82, 2.24) is 0 Å². The van der Waals surface area contributed by atoms with Gasteiger partial charge in [-0.25, -0.2) is 0 Å². The van der Waals surface area contributed by atoms with Crippen molar-refractivity contribution in [1.29, 1.82) is 0 Å². The molecule has 0 amide bonds. The largest absolute Gasteiger partial charge is 0.508 e. The molecule has 0 radical (unpaired) electrons. The third-order valence-corrected chi connectivity index (χ3v) is 4.22. The molecule has 0 saturated heterocycles.